The summed E-state index contributed by atoms with van der Waals surface area (Å²) in [7, 11) is 5.39. The average Bonchev–Trinajstić information content (AvgIpc) is 2.53. The fraction of sp³-hybridized carbons (Fsp3) is 0.562. The molecule has 0 radical (unpaired) electrons. The molecule has 1 heterocycles. The van der Waals surface area contributed by atoms with Gasteiger partial charge in [0.05, 0.1) is 26.2 Å². The molecule has 5 nitrogen and oxygen atoms in total. The van der Waals surface area contributed by atoms with Crippen molar-refractivity contribution < 1.29 is 14.3 Å². The zero-order valence-corrected chi connectivity index (χ0v) is 13.0. The van der Waals surface area contributed by atoms with E-state index in [1.807, 2.05) is 17.0 Å². The molecular formula is C16H24N2O3. The fourth-order valence-electron chi connectivity index (χ4n) is 2.63. The Hall–Kier alpha value is -1.59. The lowest BCUT2D eigenvalue weighted by Crippen LogP contribution is -2.49. The van der Waals surface area contributed by atoms with Crippen molar-refractivity contribution in [1.82, 2.24) is 9.80 Å². The lowest BCUT2D eigenvalue weighted by Gasteiger charge is -2.39. The molecule has 1 amide bonds. The molecule has 2 rings (SSSR count). The standard InChI is InChI=1S/C16H24N2O3/c1-17-9-10-18(16(19)8-11-20-2)12-15(17)13-4-6-14(21-3)7-5-13/h4-7,15H,8-12H2,1-3H3. The van der Waals surface area contributed by atoms with Crippen LogP contribution in [0.25, 0.3) is 0 Å². The molecule has 0 N–H and O–H groups in total. The highest BCUT2D eigenvalue weighted by Gasteiger charge is 2.28. The molecule has 1 unspecified atom stereocenters. The SMILES string of the molecule is COCCC(=O)N1CCN(C)C(c2ccc(OC)cc2)C1. The molecule has 1 aliphatic rings. The molecule has 5 heteroatoms. The van der Waals surface area contributed by atoms with Crippen molar-refractivity contribution >= 4 is 5.91 Å². The number of hydrogen-bond donors (Lipinski definition) is 0. The highest BCUT2D eigenvalue weighted by Crippen LogP contribution is 2.26. The van der Waals surface area contributed by atoms with Crippen molar-refractivity contribution in [3.05, 3.63) is 29.8 Å². The molecule has 1 atom stereocenters. The van der Waals surface area contributed by atoms with E-state index in [0.717, 1.165) is 25.4 Å². The Balaban J connectivity index is 2.04. The third-order valence-electron chi connectivity index (χ3n) is 4.02. The van der Waals surface area contributed by atoms with Crippen LogP contribution in [0, 0.1) is 0 Å². The summed E-state index contributed by atoms with van der Waals surface area (Å²) in [4.78, 5) is 16.4. The molecule has 0 aliphatic carbocycles. The van der Waals surface area contributed by atoms with Gasteiger partial charge >= 0.3 is 0 Å². The summed E-state index contributed by atoms with van der Waals surface area (Å²) in [6.07, 6.45) is 0.454. The average molecular weight is 292 g/mol. The summed E-state index contributed by atoms with van der Waals surface area (Å²) < 4.78 is 10.2. The van der Waals surface area contributed by atoms with Crippen LogP contribution in [0.15, 0.2) is 24.3 Å². The van der Waals surface area contributed by atoms with Gasteiger partial charge in [0.25, 0.3) is 0 Å². The number of ether oxygens (including phenoxy) is 2. The van der Waals surface area contributed by atoms with Gasteiger partial charge in [0, 0.05) is 26.7 Å². The van der Waals surface area contributed by atoms with Gasteiger partial charge in [-0.25, -0.2) is 0 Å². The monoisotopic (exact) mass is 292 g/mol. The second kappa shape index (κ2) is 7.43. The first-order chi connectivity index (χ1) is 10.2. The van der Waals surface area contributed by atoms with E-state index in [2.05, 4.69) is 24.1 Å². The lowest BCUT2D eigenvalue weighted by molar-refractivity contribution is -0.134. The number of nitrogens with zero attached hydrogens (tertiary/aromatic N) is 2. The number of piperazine rings is 1. The Kier molecular flexibility index (Phi) is 5.59. The number of carbonyl (C=O) groups excluding carboxylic acids is 1. The second-order valence-corrected chi connectivity index (χ2v) is 5.35. The predicted molar refractivity (Wildman–Crippen MR) is 81.4 cm³/mol. The van der Waals surface area contributed by atoms with Crippen LogP contribution in [0.1, 0.15) is 18.0 Å². The predicted octanol–water partition coefficient (Wildman–Crippen LogP) is 1.55. The van der Waals surface area contributed by atoms with Gasteiger partial charge in [0.15, 0.2) is 0 Å². The zero-order valence-electron chi connectivity index (χ0n) is 13.0. The number of likely N-dealkylation sites (N-methyl/N-ethyl adjacent to an activating group) is 1. The highest BCUT2D eigenvalue weighted by atomic mass is 16.5. The first-order valence-electron chi connectivity index (χ1n) is 7.26. The van der Waals surface area contributed by atoms with Crippen LogP contribution in [0.5, 0.6) is 5.75 Å². The quantitative estimate of drug-likeness (QED) is 0.826. The number of methoxy groups -OCH3 is 2. The van der Waals surface area contributed by atoms with Crippen LogP contribution < -0.4 is 4.74 Å². The molecular weight excluding hydrogens is 268 g/mol. The van der Waals surface area contributed by atoms with Crippen LogP contribution in [-0.2, 0) is 9.53 Å². The normalized spacial score (nSPS) is 19.6. The molecule has 0 aromatic heterocycles. The zero-order chi connectivity index (χ0) is 15.2. The van der Waals surface area contributed by atoms with Crippen LogP contribution >= 0.6 is 0 Å². The molecule has 1 aromatic rings. The maximum Gasteiger partial charge on any atom is 0.224 e. The van der Waals surface area contributed by atoms with E-state index in [9.17, 15) is 4.79 Å². The van der Waals surface area contributed by atoms with Crippen molar-refractivity contribution in [2.75, 3.05) is 47.5 Å². The van der Waals surface area contributed by atoms with Gasteiger partial charge in [-0.15, -0.1) is 0 Å². The maximum atomic E-state index is 12.1. The van der Waals surface area contributed by atoms with E-state index in [4.69, 9.17) is 9.47 Å². The third-order valence-corrected chi connectivity index (χ3v) is 4.02. The Morgan fingerprint density at radius 2 is 1.95 bits per heavy atom. The van der Waals surface area contributed by atoms with Crippen LogP contribution in [0.4, 0.5) is 0 Å². The Morgan fingerprint density at radius 1 is 1.24 bits per heavy atom. The first kappa shape index (κ1) is 15.8. The van der Waals surface area contributed by atoms with Crippen molar-refractivity contribution in [2.24, 2.45) is 0 Å². The van der Waals surface area contributed by atoms with Crippen molar-refractivity contribution in [2.45, 2.75) is 12.5 Å². The molecule has 1 saturated heterocycles. The minimum Gasteiger partial charge on any atom is -0.497 e. The third kappa shape index (κ3) is 3.95. The lowest BCUT2D eigenvalue weighted by atomic mass is 10.0. The number of amides is 1. The molecule has 116 valence electrons. The fourth-order valence-corrected chi connectivity index (χ4v) is 2.63. The number of benzene rings is 1. The molecule has 21 heavy (non-hydrogen) atoms. The number of carbonyl (C=O) groups is 1. The summed E-state index contributed by atoms with van der Waals surface area (Å²) >= 11 is 0. The van der Waals surface area contributed by atoms with Gasteiger partial charge in [0.1, 0.15) is 5.75 Å². The maximum absolute atomic E-state index is 12.1. The van der Waals surface area contributed by atoms with E-state index < -0.39 is 0 Å². The minimum atomic E-state index is 0.170. The summed E-state index contributed by atoms with van der Waals surface area (Å²) in [5, 5.41) is 0. The molecule has 0 spiro atoms. The summed E-state index contributed by atoms with van der Waals surface area (Å²) in [6.45, 7) is 2.88. The number of hydrogen-bond acceptors (Lipinski definition) is 4. The first-order valence-corrected chi connectivity index (χ1v) is 7.26. The second-order valence-electron chi connectivity index (χ2n) is 5.35. The van der Waals surface area contributed by atoms with Crippen molar-refractivity contribution in [3.8, 4) is 5.75 Å². The van der Waals surface area contributed by atoms with Crippen LogP contribution in [-0.4, -0.2) is 63.2 Å². The van der Waals surface area contributed by atoms with E-state index in [0.29, 0.717) is 13.0 Å². The van der Waals surface area contributed by atoms with Crippen molar-refractivity contribution in [3.63, 3.8) is 0 Å². The van der Waals surface area contributed by atoms with E-state index in [-0.39, 0.29) is 11.9 Å². The van der Waals surface area contributed by atoms with Gasteiger partial charge in [-0.2, -0.15) is 0 Å². The largest absolute Gasteiger partial charge is 0.497 e. The molecule has 0 bridgehead atoms. The summed E-state index contributed by atoms with van der Waals surface area (Å²) in [6, 6.07) is 8.31. The smallest absolute Gasteiger partial charge is 0.224 e. The molecule has 1 fully saturated rings. The van der Waals surface area contributed by atoms with Gasteiger partial charge < -0.3 is 14.4 Å². The van der Waals surface area contributed by atoms with Gasteiger partial charge in [-0.05, 0) is 24.7 Å². The van der Waals surface area contributed by atoms with Gasteiger partial charge in [-0.3, -0.25) is 9.69 Å². The van der Waals surface area contributed by atoms with Gasteiger partial charge in [-0.1, -0.05) is 12.1 Å². The van der Waals surface area contributed by atoms with Crippen LogP contribution in [0.3, 0.4) is 0 Å². The van der Waals surface area contributed by atoms with E-state index in [1.165, 1.54) is 5.56 Å². The highest BCUT2D eigenvalue weighted by molar-refractivity contribution is 5.76. The minimum absolute atomic E-state index is 0.170. The Morgan fingerprint density at radius 3 is 2.57 bits per heavy atom. The van der Waals surface area contributed by atoms with E-state index >= 15 is 0 Å². The Labute approximate surface area is 126 Å². The van der Waals surface area contributed by atoms with E-state index in [1.54, 1.807) is 14.2 Å². The topological polar surface area (TPSA) is 42.0 Å². The Bertz CT molecular complexity index is 461. The van der Waals surface area contributed by atoms with Gasteiger partial charge in [0.2, 0.25) is 5.91 Å². The van der Waals surface area contributed by atoms with Crippen LogP contribution in [0.2, 0.25) is 0 Å². The number of rotatable bonds is 5. The molecule has 1 aliphatic heterocycles. The molecule has 0 saturated carbocycles. The summed E-state index contributed by atoms with van der Waals surface area (Å²) in [5.41, 5.74) is 1.21. The van der Waals surface area contributed by atoms with Crippen molar-refractivity contribution in [1.29, 1.82) is 0 Å². The summed E-state index contributed by atoms with van der Waals surface area (Å²) in [5.74, 6) is 1.02. The molecule has 1 aromatic carbocycles.